The second-order valence-corrected chi connectivity index (χ2v) is 6.84. The molecule has 104 valence electrons. The van der Waals surface area contributed by atoms with E-state index in [9.17, 15) is 4.79 Å². The summed E-state index contributed by atoms with van der Waals surface area (Å²) in [6.07, 6.45) is 3.48. The van der Waals surface area contributed by atoms with Gasteiger partial charge in [-0.15, -0.1) is 11.8 Å². The third-order valence-corrected chi connectivity index (χ3v) is 5.01. The van der Waals surface area contributed by atoms with Crippen molar-refractivity contribution in [2.75, 3.05) is 18.0 Å². The minimum atomic E-state index is 0.222. The number of piperidine rings is 1. The Kier molecular flexibility index (Phi) is 5.16. The molecule has 2 rings (SSSR count). The maximum atomic E-state index is 12.2. The molecule has 0 radical (unpaired) electrons. The number of carbonyl (C=O) groups excluding carboxylic acids is 1. The molecule has 19 heavy (non-hydrogen) atoms. The van der Waals surface area contributed by atoms with Gasteiger partial charge in [-0.1, -0.05) is 15.9 Å². The van der Waals surface area contributed by atoms with Gasteiger partial charge in [0.15, 0.2) is 0 Å². The summed E-state index contributed by atoms with van der Waals surface area (Å²) in [7, 11) is 0. The summed E-state index contributed by atoms with van der Waals surface area (Å²) in [6, 6.07) is 6.16. The first kappa shape index (κ1) is 14.7. The Bertz CT molecular complexity index is 467. The van der Waals surface area contributed by atoms with Gasteiger partial charge in [0, 0.05) is 27.6 Å². The van der Waals surface area contributed by atoms with E-state index in [0.717, 1.165) is 34.4 Å². The van der Waals surface area contributed by atoms with Crippen LogP contribution in [0.5, 0.6) is 0 Å². The number of carbonyl (C=O) groups is 1. The van der Waals surface area contributed by atoms with Crippen LogP contribution in [0.1, 0.15) is 26.2 Å². The summed E-state index contributed by atoms with van der Waals surface area (Å²) >= 11 is 4.90. The van der Waals surface area contributed by atoms with Gasteiger partial charge in [0.1, 0.15) is 0 Å². The van der Waals surface area contributed by atoms with Gasteiger partial charge in [0.2, 0.25) is 5.91 Å². The van der Waals surface area contributed by atoms with Crippen molar-refractivity contribution in [2.45, 2.75) is 37.1 Å². The zero-order chi connectivity index (χ0) is 13.8. The number of likely N-dealkylation sites (tertiary alicyclic amines) is 1. The van der Waals surface area contributed by atoms with Crippen LogP contribution in [0.4, 0.5) is 5.69 Å². The quantitative estimate of drug-likeness (QED) is 0.675. The van der Waals surface area contributed by atoms with Crippen molar-refractivity contribution in [2.24, 2.45) is 0 Å². The number of amides is 1. The number of hydrogen-bond acceptors (Lipinski definition) is 3. The maximum Gasteiger partial charge on any atom is 0.233 e. The summed E-state index contributed by atoms with van der Waals surface area (Å²) in [5, 5.41) is 0. The molecule has 1 amide bonds. The smallest absolute Gasteiger partial charge is 0.233 e. The van der Waals surface area contributed by atoms with Gasteiger partial charge in [-0.25, -0.2) is 0 Å². The van der Waals surface area contributed by atoms with Gasteiger partial charge in [0.05, 0.1) is 5.75 Å². The number of rotatable bonds is 3. The van der Waals surface area contributed by atoms with Crippen LogP contribution >= 0.6 is 27.7 Å². The normalized spacial score (nSPS) is 19.5. The lowest BCUT2D eigenvalue weighted by Crippen LogP contribution is -2.42. The van der Waals surface area contributed by atoms with Crippen LogP contribution in [-0.2, 0) is 4.79 Å². The van der Waals surface area contributed by atoms with E-state index in [1.165, 1.54) is 18.2 Å². The van der Waals surface area contributed by atoms with E-state index in [1.807, 2.05) is 23.1 Å². The van der Waals surface area contributed by atoms with E-state index in [2.05, 4.69) is 22.9 Å². The zero-order valence-electron chi connectivity index (χ0n) is 11.1. The number of nitrogens with two attached hydrogens (primary N) is 1. The number of nitrogen functional groups attached to an aromatic ring is 1. The fourth-order valence-electron chi connectivity index (χ4n) is 2.34. The lowest BCUT2D eigenvalue weighted by molar-refractivity contribution is -0.131. The number of nitrogens with zero attached hydrogens (tertiary/aromatic N) is 1. The summed E-state index contributed by atoms with van der Waals surface area (Å²) in [5.41, 5.74) is 6.66. The highest BCUT2D eigenvalue weighted by atomic mass is 79.9. The Morgan fingerprint density at radius 3 is 3.00 bits per heavy atom. The lowest BCUT2D eigenvalue weighted by atomic mass is 10.0. The molecule has 0 aliphatic carbocycles. The third-order valence-electron chi connectivity index (χ3n) is 3.45. The summed E-state index contributed by atoms with van der Waals surface area (Å²) in [5.74, 6) is 0.690. The molecule has 2 N–H and O–H groups in total. The molecule has 0 spiro atoms. The predicted molar refractivity (Wildman–Crippen MR) is 84.3 cm³/mol. The Morgan fingerprint density at radius 2 is 2.32 bits per heavy atom. The second-order valence-electron chi connectivity index (χ2n) is 4.90. The van der Waals surface area contributed by atoms with E-state index in [4.69, 9.17) is 5.73 Å². The van der Waals surface area contributed by atoms with Gasteiger partial charge >= 0.3 is 0 Å². The van der Waals surface area contributed by atoms with Crippen LogP contribution in [0.2, 0.25) is 0 Å². The summed E-state index contributed by atoms with van der Waals surface area (Å²) in [4.78, 5) is 15.2. The van der Waals surface area contributed by atoms with E-state index in [0.29, 0.717) is 11.8 Å². The Balaban J connectivity index is 1.92. The first-order valence-corrected chi connectivity index (χ1v) is 8.33. The van der Waals surface area contributed by atoms with Crippen LogP contribution in [0.3, 0.4) is 0 Å². The minimum Gasteiger partial charge on any atom is -0.398 e. The highest BCUT2D eigenvalue weighted by Crippen LogP contribution is 2.28. The number of anilines is 1. The molecule has 1 aromatic rings. The van der Waals surface area contributed by atoms with Gasteiger partial charge in [-0.3, -0.25) is 4.79 Å². The summed E-state index contributed by atoms with van der Waals surface area (Å²) in [6.45, 7) is 3.03. The van der Waals surface area contributed by atoms with Gasteiger partial charge in [-0.05, 0) is 44.4 Å². The number of benzene rings is 1. The molecular weight excluding hydrogens is 324 g/mol. The largest absolute Gasteiger partial charge is 0.398 e. The molecule has 1 saturated heterocycles. The standard InChI is InChI=1S/C14H19BrN2OS/c1-10-4-2-3-7-17(10)14(18)9-19-13-6-5-11(15)8-12(13)16/h5-6,8,10H,2-4,7,9,16H2,1H3. The van der Waals surface area contributed by atoms with Crippen molar-refractivity contribution >= 4 is 39.3 Å². The van der Waals surface area contributed by atoms with E-state index >= 15 is 0 Å². The number of hydrogen-bond donors (Lipinski definition) is 1. The van der Waals surface area contributed by atoms with E-state index in [1.54, 1.807) is 0 Å². The van der Waals surface area contributed by atoms with Crippen LogP contribution in [0.25, 0.3) is 0 Å². The average molecular weight is 343 g/mol. The fraction of sp³-hybridized carbons (Fsp3) is 0.500. The van der Waals surface area contributed by atoms with Crippen LogP contribution in [-0.4, -0.2) is 29.1 Å². The van der Waals surface area contributed by atoms with Crippen molar-refractivity contribution in [1.29, 1.82) is 0 Å². The molecule has 1 aliphatic heterocycles. The molecule has 1 aliphatic rings. The lowest BCUT2D eigenvalue weighted by Gasteiger charge is -2.33. The molecule has 5 heteroatoms. The zero-order valence-corrected chi connectivity index (χ0v) is 13.5. The number of thioether (sulfide) groups is 1. The van der Waals surface area contributed by atoms with Crippen molar-refractivity contribution in [3.05, 3.63) is 22.7 Å². The highest BCUT2D eigenvalue weighted by molar-refractivity contribution is 9.10. The van der Waals surface area contributed by atoms with Crippen LogP contribution in [0.15, 0.2) is 27.6 Å². The van der Waals surface area contributed by atoms with Crippen LogP contribution in [0, 0.1) is 0 Å². The molecule has 1 heterocycles. The summed E-state index contributed by atoms with van der Waals surface area (Å²) < 4.78 is 0.963. The van der Waals surface area contributed by atoms with Crippen LogP contribution < -0.4 is 5.73 Å². The highest BCUT2D eigenvalue weighted by Gasteiger charge is 2.22. The predicted octanol–water partition coefficient (Wildman–Crippen LogP) is 3.52. The monoisotopic (exact) mass is 342 g/mol. The van der Waals surface area contributed by atoms with Crippen molar-refractivity contribution in [3.63, 3.8) is 0 Å². The molecule has 0 aromatic heterocycles. The first-order valence-electron chi connectivity index (χ1n) is 6.55. The minimum absolute atomic E-state index is 0.222. The van der Waals surface area contributed by atoms with Gasteiger partial charge in [-0.2, -0.15) is 0 Å². The van der Waals surface area contributed by atoms with E-state index in [-0.39, 0.29) is 5.91 Å². The molecule has 0 saturated carbocycles. The SMILES string of the molecule is CC1CCCCN1C(=O)CSc1ccc(Br)cc1N. The maximum absolute atomic E-state index is 12.2. The third kappa shape index (κ3) is 3.89. The first-order chi connectivity index (χ1) is 9.08. The fourth-order valence-corrected chi connectivity index (χ4v) is 3.56. The van der Waals surface area contributed by atoms with Crippen molar-refractivity contribution in [1.82, 2.24) is 4.90 Å². The topological polar surface area (TPSA) is 46.3 Å². The van der Waals surface area contributed by atoms with Gasteiger partial charge in [0.25, 0.3) is 0 Å². The second kappa shape index (κ2) is 6.66. The average Bonchev–Trinajstić information content (AvgIpc) is 2.38. The molecule has 1 aromatic carbocycles. The molecule has 1 atom stereocenters. The van der Waals surface area contributed by atoms with E-state index < -0.39 is 0 Å². The Morgan fingerprint density at radius 1 is 1.53 bits per heavy atom. The number of halogens is 1. The van der Waals surface area contributed by atoms with Gasteiger partial charge < -0.3 is 10.6 Å². The Labute approximate surface area is 127 Å². The Hall–Kier alpha value is -0.680. The van der Waals surface area contributed by atoms with Crippen molar-refractivity contribution in [3.8, 4) is 0 Å². The molecule has 3 nitrogen and oxygen atoms in total. The molecule has 0 bridgehead atoms. The molecule has 1 fully saturated rings. The molecular formula is C14H19BrN2OS. The molecule has 1 unspecified atom stereocenters. The van der Waals surface area contributed by atoms with Crippen molar-refractivity contribution < 1.29 is 4.79 Å².